The maximum atomic E-state index is 13.2. The molecule has 2 aromatic heterocycles. The quantitative estimate of drug-likeness (QED) is 0.660. The number of rotatable bonds is 2. The number of carbonyl (C=O) groups is 1. The molecule has 2 bridgehead atoms. The van der Waals surface area contributed by atoms with Crippen molar-refractivity contribution in [1.29, 1.82) is 0 Å². The molecule has 2 aliphatic rings. The van der Waals surface area contributed by atoms with E-state index in [1.165, 1.54) is 24.3 Å². The number of hydrogen-bond donors (Lipinski definition) is 0. The molecule has 0 spiro atoms. The standard InChI is InChI=1S/C22H19FN2O2S/c23-17-5-3-15(4-6-17)22(27)24-11-14-10-16(13-24)21-18(19-2-1-9-28-19)7-8-20(26)25(21)12-14/h1-9,14,16H,10-13H2/t14-,16+/m0/s1. The molecule has 1 amide bonds. The van der Waals surface area contributed by atoms with E-state index >= 15 is 0 Å². The monoisotopic (exact) mass is 394 g/mol. The normalized spacial score (nSPS) is 20.7. The molecule has 4 nitrogen and oxygen atoms in total. The molecule has 0 N–H and O–H groups in total. The third kappa shape index (κ3) is 2.88. The van der Waals surface area contributed by atoms with Crippen LogP contribution in [0.4, 0.5) is 4.39 Å². The van der Waals surface area contributed by atoms with Crippen LogP contribution < -0.4 is 5.56 Å². The molecular weight excluding hydrogens is 375 g/mol. The molecular formula is C22H19FN2O2S. The highest BCUT2D eigenvalue weighted by atomic mass is 32.1. The number of thiophene rings is 1. The van der Waals surface area contributed by atoms with Gasteiger partial charge in [0.15, 0.2) is 0 Å². The second kappa shape index (κ2) is 6.71. The highest BCUT2D eigenvalue weighted by molar-refractivity contribution is 7.13. The highest BCUT2D eigenvalue weighted by Crippen LogP contribution is 2.41. The van der Waals surface area contributed by atoms with Crippen LogP contribution in [0.2, 0.25) is 0 Å². The van der Waals surface area contributed by atoms with Crippen molar-refractivity contribution in [3.8, 4) is 10.4 Å². The zero-order chi connectivity index (χ0) is 19.3. The average molecular weight is 394 g/mol. The molecule has 1 aromatic carbocycles. The van der Waals surface area contributed by atoms with Crippen LogP contribution >= 0.6 is 11.3 Å². The summed E-state index contributed by atoms with van der Waals surface area (Å²) in [5.74, 6) is -0.0325. The van der Waals surface area contributed by atoms with Gasteiger partial charge in [0.25, 0.3) is 11.5 Å². The Morgan fingerprint density at radius 2 is 1.86 bits per heavy atom. The van der Waals surface area contributed by atoms with Crippen molar-refractivity contribution in [2.45, 2.75) is 18.9 Å². The lowest BCUT2D eigenvalue weighted by Gasteiger charge is -2.43. The van der Waals surface area contributed by atoms with Crippen molar-refractivity contribution in [3.05, 3.63) is 81.3 Å². The number of pyridine rings is 1. The topological polar surface area (TPSA) is 42.3 Å². The minimum atomic E-state index is -0.346. The molecule has 28 heavy (non-hydrogen) atoms. The van der Waals surface area contributed by atoms with Crippen molar-refractivity contribution >= 4 is 17.2 Å². The number of fused-ring (bicyclic) bond motifs is 4. The molecule has 2 aliphatic heterocycles. The summed E-state index contributed by atoms with van der Waals surface area (Å²) in [6.07, 6.45) is 0.981. The van der Waals surface area contributed by atoms with Gasteiger partial charge in [-0.3, -0.25) is 9.59 Å². The number of nitrogens with zero attached hydrogens (tertiary/aromatic N) is 2. The molecule has 0 saturated carbocycles. The van der Waals surface area contributed by atoms with E-state index in [1.807, 2.05) is 27.0 Å². The van der Waals surface area contributed by atoms with Crippen LogP contribution in [0.15, 0.2) is 58.7 Å². The van der Waals surface area contributed by atoms with E-state index in [4.69, 9.17) is 0 Å². The number of likely N-dealkylation sites (tertiary alicyclic amines) is 1. The number of hydrogen-bond acceptors (Lipinski definition) is 3. The molecule has 5 rings (SSSR count). The Morgan fingerprint density at radius 3 is 2.61 bits per heavy atom. The zero-order valence-corrected chi connectivity index (χ0v) is 16.0. The molecule has 3 aromatic rings. The van der Waals surface area contributed by atoms with Gasteiger partial charge in [-0.2, -0.15) is 0 Å². The second-order valence-electron chi connectivity index (χ2n) is 7.57. The molecule has 142 valence electrons. The molecule has 1 fully saturated rings. The lowest BCUT2D eigenvalue weighted by molar-refractivity contribution is 0.0595. The first-order chi connectivity index (χ1) is 13.6. The number of halogens is 1. The van der Waals surface area contributed by atoms with E-state index in [0.29, 0.717) is 25.2 Å². The van der Waals surface area contributed by atoms with Gasteiger partial charge in [-0.1, -0.05) is 6.07 Å². The molecule has 0 aliphatic carbocycles. The van der Waals surface area contributed by atoms with Crippen LogP contribution in [0.3, 0.4) is 0 Å². The average Bonchev–Trinajstić information content (AvgIpc) is 3.23. The smallest absolute Gasteiger partial charge is 0.253 e. The molecule has 4 heterocycles. The minimum Gasteiger partial charge on any atom is -0.338 e. The van der Waals surface area contributed by atoms with Crippen LogP contribution in [0.5, 0.6) is 0 Å². The molecule has 2 atom stereocenters. The van der Waals surface area contributed by atoms with Gasteiger partial charge in [-0.15, -0.1) is 11.3 Å². The Hall–Kier alpha value is -2.73. The van der Waals surface area contributed by atoms with Gasteiger partial charge in [-0.05, 0) is 54.1 Å². The number of carbonyl (C=O) groups excluding carboxylic acids is 1. The highest BCUT2D eigenvalue weighted by Gasteiger charge is 2.38. The first-order valence-corrected chi connectivity index (χ1v) is 10.3. The minimum absolute atomic E-state index is 0.0308. The Bertz CT molecular complexity index is 1090. The van der Waals surface area contributed by atoms with Crippen LogP contribution in [-0.2, 0) is 6.54 Å². The Kier molecular flexibility index (Phi) is 4.16. The summed E-state index contributed by atoms with van der Waals surface area (Å²) in [5, 5.41) is 2.04. The van der Waals surface area contributed by atoms with E-state index in [2.05, 4.69) is 6.07 Å². The van der Waals surface area contributed by atoms with Crippen LogP contribution in [-0.4, -0.2) is 28.5 Å². The number of amides is 1. The van der Waals surface area contributed by atoms with Crippen molar-refractivity contribution in [3.63, 3.8) is 0 Å². The van der Waals surface area contributed by atoms with E-state index < -0.39 is 0 Å². The lowest BCUT2D eigenvalue weighted by Crippen LogP contribution is -2.49. The Balaban J connectivity index is 1.52. The van der Waals surface area contributed by atoms with Crippen molar-refractivity contribution < 1.29 is 9.18 Å². The summed E-state index contributed by atoms with van der Waals surface area (Å²) in [6.45, 7) is 1.84. The second-order valence-corrected chi connectivity index (χ2v) is 8.52. The van der Waals surface area contributed by atoms with Crippen molar-refractivity contribution in [2.75, 3.05) is 13.1 Å². The predicted molar refractivity (Wildman–Crippen MR) is 107 cm³/mol. The fourth-order valence-corrected chi connectivity index (χ4v) is 5.36. The largest absolute Gasteiger partial charge is 0.338 e. The third-order valence-corrected chi connectivity index (χ3v) is 6.66. The van der Waals surface area contributed by atoms with E-state index in [9.17, 15) is 14.0 Å². The fourth-order valence-electron chi connectivity index (χ4n) is 4.60. The van der Waals surface area contributed by atoms with Gasteiger partial charge >= 0.3 is 0 Å². The van der Waals surface area contributed by atoms with Crippen LogP contribution in [0.25, 0.3) is 10.4 Å². The van der Waals surface area contributed by atoms with E-state index in [-0.39, 0.29) is 29.1 Å². The summed E-state index contributed by atoms with van der Waals surface area (Å²) in [6, 6.07) is 13.4. The van der Waals surface area contributed by atoms with Gasteiger partial charge < -0.3 is 9.47 Å². The lowest BCUT2D eigenvalue weighted by atomic mass is 9.81. The summed E-state index contributed by atoms with van der Waals surface area (Å²) in [5.41, 5.74) is 2.67. The summed E-state index contributed by atoms with van der Waals surface area (Å²) >= 11 is 1.66. The van der Waals surface area contributed by atoms with E-state index in [0.717, 1.165) is 22.6 Å². The molecule has 0 radical (unpaired) electrons. The number of aromatic nitrogens is 1. The summed E-state index contributed by atoms with van der Waals surface area (Å²) < 4.78 is 15.1. The van der Waals surface area contributed by atoms with E-state index in [1.54, 1.807) is 17.4 Å². The van der Waals surface area contributed by atoms with Crippen molar-refractivity contribution in [1.82, 2.24) is 9.47 Å². The van der Waals surface area contributed by atoms with Crippen LogP contribution in [0.1, 0.15) is 28.4 Å². The molecule has 6 heteroatoms. The Morgan fingerprint density at radius 1 is 1.04 bits per heavy atom. The maximum absolute atomic E-state index is 13.2. The summed E-state index contributed by atoms with van der Waals surface area (Å²) in [4.78, 5) is 28.5. The van der Waals surface area contributed by atoms with Crippen molar-refractivity contribution in [2.24, 2.45) is 5.92 Å². The van der Waals surface area contributed by atoms with Crippen LogP contribution in [0, 0.1) is 11.7 Å². The van der Waals surface area contributed by atoms with Gasteiger partial charge in [0.05, 0.1) is 0 Å². The SMILES string of the molecule is O=C(c1ccc(F)cc1)N1C[C@@H]2C[C@H](C1)c1c(-c3cccs3)ccc(=O)n1C2. The number of piperidine rings is 1. The predicted octanol–water partition coefficient (Wildman–Crippen LogP) is 3.98. The van der Waals surface area contributed by atoms with Gasteiger partial charge in [0.1, 0.15) is 5.82 Å². The number of benzene rings is 1. The molecule has 0 unspecified atom stereocenters. The zero-order valence-electron chi connectivity index (χ0n) is 15.2. The van der Waals surface area contributed by atoms with Gasteiger partial charge in [0, 0.05) is 53.3 Å². The summed E-state index contributed by atoms with van der Waals surface area (Å²) in [7, 11) is 0. The third-order valence-electron chi connectivity index (χ3n) is 5.76. The first kappa shape index (κ1) is 17.4. The van der Waals surface area contributed by atoms with Gasteiger partial charge in [0.2, 0.25) is 0 Å². The van der Waals surface area contributed by atoms with Gasteiger partial charge in [-0.25, -0.2) is 4.39 Å². The molecule has 1 saturated heterocycles. The fraction of sp³-hybridized carbons (Fsp3) is 0.273. The first-order valence-electron chi connectivity index (χ1n) is 9.42. The maximum Gasteiger partial charge on any atom is 0.253 e. The Labute approximate surface area is 165 Å².